The third-order valence-electron chi connectivity index (χ3n) is 3.15. The highest BCUT2D eigenvalue weighted by atomic mass is 79.9. The lowest BCUT2D eigenvalue weighted by atomic mass is 9.80. The average molecular weight is 245 g/mol. The quantitative estimate of drug-likeness (QED) is 0.505. The Balaban J connectivity index is 2.41. The molecule has 0 nitrogen and oxygen atoms in total. The van der Waals surface area contributed by atoms with E-state index in [1.165, 1.54) is 37.7 Å². The maximum absolute atomic E-state index is 3.50. The number of allylic oxidation sites excluding steroid dienone is 2. The van der Waals surface area contributed by atoms with Gasteiger partial charge in [-0.2, -0.15) is 0 Å². The summed E-state index contributed by atoms with van der Waals surface area (Å²) < 4.78 is 0. The molecule has 1 heteroatoms. The monoisotopic (exact) mass is 244 g/mol. The zero-order chi connectivity index (χ0) is 9.68. The molecule has 13 heavy (non-hydrogen) atoms. The van der Waals surface area contributed by atoms with Gasteiger partial charge in [0.05, 0.1) is 0 Å². The molecule has 0 saturated heterocycles. The molecule has 0 amide bonds. The molecule has 1 saturated carbocycles. The molecule has 0 aromatic rings. The third kappa shape index (κ3) is 3.84. The van der Waals surface area contributed by atoms with E-state index in [-0.39, 0.29) is 0 Å². The molecule has 1 unspecified atom stereocenters. The van der Waals surface area contributed by atoms with Crippen molar-refractivity contribution in [1.82, 2.24) is 0 Å². The lowest BCUT2D eigenvalue weighted by molar-refractivity contribution is 0.299. The fraction of sp³-hybridized carbons (Fsp3) is 0.833. The normalized spacial score (nSPS) is 23.2. The predicted molar refractivity (Wildman–Crippen MR) is 63.3 cm³/mol. The SMILES string of the molecule is C/C(=C/C(C)C1CCCCC1)CBr. The fourth-order valence-corrected chi connectivity index (χ4v) is 2.48. The van der Waals surface area contributed by atoms with Crippen LogP contribution < -0.4 is 0 Å². The van der Waals surface area contributed by atoms with Gasteiger partial charge in [-0.1, -0.05) is 53.8 Å². The summed E-state index contributed by atoms with van der Waals surface area (Å²) in [5.74, 6) is 1.75. The first-order chi connectivity index (χ1) is 6.24. The van der Waals surface area contributed by atoms with Crippen LogP contribution in [0, 0.1) is 11.8 Å². The Morgan fingerprint density at radius 1 is 1.38 bits per heavy atom. The van der Waals surface area contributed by atoms with E-state index in [0.29, 0.717) is 0 Å². The van der Waals surface area contributed by atoms with Gasteiger partial charge in [-0.15, -0.1) is 0 Å². The molecule has 1 aliphatic rings. The summed E-state index contributed by atoms with van der Waals surface area (Å²) in [6.45, 7) is 4.59. The second-order valence-electron chi connectivity index (χ2n) is 4.40. The molecule has 0 bridgehead atoms. The molecule has 1 aliphatic carbocycles. The number of hydrogen-bond donors (Lipinski definition) is 0. The number of hydrogen-bond acceptors (Lipinski definition) is 0. The number of alkyl halides is 1. The Kier molecular flexibility index (Phi) is 5.08. The van der Waals surface area contributed by atoms with Gasteiger partial charge < -0.3 is 0 Å². The van der Waals surface area contributed by atoms with Gasteiger partial charge in [0.2, 0.25) is 0 Å². The molecular weight excluding hydrogens is 224 g/mol. The van der Waals surface area contributed by atoms with E-state index in [0.717, 1.165) is 17.2 Å². The maximum atomic E-state index is 3.50. The highest BCUT2D eigenvalue weighted by molar-refractivity contribution is 9.09. The van der Waals surface area contributed by atoms with E-state index in [1.54, 1.807) is 0 Å². The summed E-state index contributed by atoms with van der Waals surface area (Å²) >= 11 is 3.50. The van der Waals surface area contributed by atoms with Gasteiger partial charge in [-0.05, 0) is 31.6 Å². The standard InChI is InChI=1S/C12H21Br/c1-10(9-13)8-11(2)12-6-4-3-5-7-12/h8,11-12H,3-7,9H2,1-2H3/b10-8-. The van der Waals surface area contributed by atoms with Crippen LogP contribution in [0.1, 0.15) is 46.0 Å². The van der Waals surface area contributed by atoms with Gasteiger partial charge in [-0.25, -0.2) is 0 Å². The number of halogens is 1. The van der Waals surface area contributed by atoms with Crippen molar-refractivity contribution < 1.29 is 0 Å². The van der Waals surface area contributed by atoms with E-state index in [4.69, 9.17) is 0 Å². The Bertz CT molecular complexity index is 166. The van der Waals surface area contributed by atoms with Crippen molar-refractivity contribution in [1.29, 1.82) is 0 Å². The van der Waals surface area contributed by atoms with Gasteiger partial charge in [-0.3, -0.25) is 0 Å². The molecule has 0 aromatic heterocycles. The Morgan fingerprint density at radius 3 is 2.54 bits per heavy atom. The highest BCUT2D eigenvalue weighted by Gasteiger charge is 2.18. The van der Waals surface area contributed by atoms with Crippen LogP contribution in [0.5, 0.6) is 0 Å². The first-order valence-electron chi connectivity index (χ1n) is 5.47. The van der Waals surface area contributed by atoms with Crippen LogP contribution in [-0.4, -0.2) is 5.33 Å². The van der Waals surface area contributed by atoms with Crippen LogP contribution in [0.4, 0.5) is 0 Å². The third-order valence-corrected chi connectivity index (χ3v) is 4.04. The summed E-state index contributed by atoms with van der Waals surface area (Å²) in [6, 6.07) is 0. The molecule has 1 rings (SSSR count). The van der Waals surface area contributed by atoms with Crippen LogP contribution in [0.3, 0.4) is 0 Å². The van der Waals surface area contributed by atoms with Crippen LogP contribution >= 0.6 is 15.9 Å². The largest absolute Gasteiger partial charge is 0.0880 e. The van der Waals surface area contributed by atoms with Crippen molar-refractivity contribution in [3.8, 4) is 0 Å². The van der Waals surface area contributed by atoms with Crippen LogP contribution in [0.2, 0.25) is 0 Å². The molecule has 0 heterocycles. The lowest BCUT2D eigenvalue weighted by Gasteiger charge is -2.26. The molecular formula is C12H21Br. The van der Waals surface area contributed by atoms with E-state index >= 15 is 0 Å². The lowest BCUT2D eigenvalue weighted by Crippen LogP contribution is -2.13. The van der Waals surface area contributed by atoms with Crippen molar-refractivity contribution in [2.24, 2.45) is 11.8 Å². The van der Waals surface area contributed by atoms with E-state index in [9.17, 15) is 0 Å². The Hall–Kier alpha value is 0.220. The molecule has 0 N–H and O–H groups in total. The van der Waals surface area contributed by atoms with E-state index < -0.39 is 0 Å². The zero-order valence-corrected chi connectivity index (χ0v) is 10.4. The minimum absolute atomic E-state index is 0.790. The first kappa shape index (κ1) is 11.3. The number of rotatable bonds is 3. The zero-order valence-electron chi connectivity index (χ0n) is 8.85. The van der Waals surface area contributed by atoms with Crippen molar-refractivity contribution in [2.45, 2.75) is 46.0 Å². The fourth-order valence-electron chi connectivity index (χ4n) is 2.29. The second kappa shape index (κ2) is 5.85. The minimum Gasteiger partial charge on any atom is -0.0880 e. The highest BCUT2D eigenvalue weighted by Crippen LogP contribution is 2.31. The van der Waals surface area contributed by atoms with Gasteiger partial charge in [0.15, 0.2) is 0 Å². The summed E-state index contributed by atoms with van der Waals surface area (Å²) in [7, 11) is 0. The molecule has 1 atom stereocenters. The van der Waals surface area contributed by atoms with Gasteiger partial charge in [0.1, 0.15) is 0 Å². The van der Waals surface area contributed by atoms with Crippen LogP contribution in [0.15, 0.2) is 11.6 Å². The summed E-state index contributed by atoms with van der Waals surface area (Å²) in [5, 5.41) is 1.03. The minimum atomic E-state index is 0.790. The molecule has 0 aliphatic heterocycles. The van der Waals surface area contributed by atoms with Gasteiger partial charge in [0, 0.05) is 5.33 Å². The summed E-state index contributed by atoms with van der Waals surface area (Å²) in [5.41, 5.74) is 1.48. The van der Waals surface area contributed by atoms with E-state index in [1.807, 2.05) is 0 Å². The average Bonchev–Trinajstić information content (AvgIpc) is 2.19. The van der Waals surface area contributed by atoms with Crippen molar-refractivity contribution >= 4 is 15.9 Å². The summed E-state index contributed by atoms with van der Waals surface area (Å²) in [4.78, 5) is 0. The summed E-state index contributed by atoms with van der Waals surface area (Å²) in [6.07, 6.45) is 9.72. The molecule has 76 valence electrons. The van der Waals surface area contributed by atoms with Gasteiger partial charge in [0.25, 0.3) is 0 Å². The van der Waals surface area contributed by atoms with Crippen LogP contribution in [-0.2, 0) is 0 Å². The van der Waals surface area contributed by atoms with Crippen molar-refractivity contribution in [3.63, 3.8) is 0 Å². The van der Waals surface area contributed by atoms with Crippen LogP contribution in [0.25, 0.3) is 0 Å². The van der Waals surface area contributed by atoms with E-state index in [2.05, 4.69) is 35.9 Å². The maximum Gasteiger partial charge on any atom is 0.0239 e. The molecule has 0 spiro atoms. The predicted octanol–water partition coefficient (Wildman–Crippen LogP) is 4.54. The van der Waals surface area contributed by atoms with Crippen molar-refractivity contribution in [3.05, 3.63) is 11.6 Å². The Morgan fingerprint density at radius 2 is 2.00 bits per heavy atom. The Labute approximate surface area is 90.9 Å². The second-order valence-corrected chi connectivity index (χ2v) is 4.96. The topological polar surface area (TPSA) is 0 Å². The molecule has 0 aromatic carbocycles. The van der Waals surface area contributed by atoms with Crippen molar-refractivity contribution in [2.75, 3.05) is 5.33 Å². The first-order valence-corrected chi connectivity index (χ1v) is 6.59. The molecule has 0 radical (unpaired) electrons. The smallest absolute Gasteiger partial charge is 0.0239 e. The molecule has 1 fully saturated rings. The van der Waals surface area contributed by atoms with Gasteiger partial charge >= 0.3 is 0 Å².